The van der Waals surface area contributed by atoms with Crippen molar-refractivity contribution in [1.82, 2.24) is 9.13 Å². The molecule has 2 heterocycles. The van der Waals surface area contributed by atoms with Gasteiger partial charge in [0, 0.05) is 38.3 Å². The summed E-state index contributed by atoms with van der Waals surface area (Å²) in [5, 5.41) is 9.02. The van der Waals surface area contributed by atoms with Gasteiger partial charge in [-0.3, -0.25) is 13.9 Å². The van der Waals surface area contributed by atoms with Crippen molar-refractivity contribution < 1.29 is 9.90 Å². The third-order valence-corrected chi connectivity index (χ3v) is 5.49. The molecule has 0 fully saturated rings. The predicted molar refractivity (Wildman–Crippen MR) is 106 cm³/mol. The SMILES string of the molecule is Cc1cccc2c1C(Cn1c(=O)n(CCC(=O)O)c3ccccc31)CN2C. The first-order valence-corrected chi connectivity index (χ1v) is 9.18. The number of aromatic nitrogens is 2. The summed E-state index contributed by atoms with van der Waals surface area (Å²) in [7, 11) is 2.08. The molecule has 0 aliphatic carbocycles. The lowest BCUT2D eigenvalue weighted by Crippen LogP contribution is -2.28. The summed E-state index contributed by atoms with van der Waals surface area (Å²) >= 11 is 0. The Bertz CT molecular complexity index is 1080. The number of carboxylic acids is 1. The van der Waals surface area contributed by atoms with Crippen molar-refractivity contribution in [3.05, 3.63) is 64.1 Å². The fourth-order valence-corrected chi connectivity index (χ4v) is 4.29. The van der Waals surface area contributed by atoms with Gasteiger partial charge in [0.1, 0.15) is 0 Å². The highest BCUT2D eigenvalue weighted by Crippen LogP contribution is 2.38. The maximum absolute atomic E-state index is 13.1. The van der Waals surface area contributed by atoms with E-state index in [-0.39, 0.29) is 24.6 Å². The Morgan fingerprint density at radius 1 is 1.11 bits per heavy atom. The van der Waals surface area contributed by atoms with Crippen LogP contribution in [0.5, 0.6) is 0 Å². The first kappa shape index (κ1) is 17.4. The van der Waals surface area contributed by atoms with Gasteiger partial charge in [-0.2, -0.15) is 0 Å². The van der Waals surface area contributed by atoms with E-state index in [9.17, 15) is 9.59 Å². The molecular weight excluding hydrogens is 342 g/mol. The maximum atomic E-state index is 13.1. The van der Waals surface area contributed by atoms with E-state index in [0.717, 1.165) is 17.6 Å². The van der Waals surface area contributed by atoms with E-state index < -0.39 is 5.97 Å². The number of likely N-dealkylation sites (N-methyl/N-ethyl adjacent to an activating group) is 1. The van der Waals surface area contributed by atoms with Gasteiger partial charge in [0.15, 0.2) is 0 Å². The number of aliphatic carboxylic acids is 1. The molecule has 27 heavy (non-hydrogen) atoms. The van der Waals surface area contributed by atoms with Crippen LogP contribution in [0.4, 0.5) is 5.69 Å². The van der Waals surface area contributed by atoms with Crippen LogP contribution in [0.25, 0.3) is 11.0 Å². The monoisotopic (exact) mass is 365 g/mol. The highest BCUT2D eigenvalue weighted by molar-refractivity contribution is 5.76. The first-order valence-electron chi connectivity index (χ1n) is 9.18. The number of rotatable bonds is 5. The zero-order chi connectivity index (χ0) is 19.1. The molecule has 0 saturated carbocycles. The molecule has 140 valence electrons. The lowest BCUT2D eigenvalue weighted by atomic mass is 9.96. The molecular formula is C21H23N3O3. The van der Waals surface area contributed by atoms with Gasteiger partial charge >= 0.3 is 11.7 Å². The van der Waals surface area contributed by atoms with Crippen molar-refractivity contribution in [1.29, 1.82) is 0 Å². The van der Waals surface area contributed by atoms with E-state index in [4.69, 9.17) is 5.11 Å². The third kappa shape index (κ3) is 2.91. The number of carboxylic acid groups (broad SMARTS) is 1. The average molecular weight is 365 g/mol. The highest BCUT2D eigenvalue weighted by Gasteiger charge is 2.29. The number of benzene rings is 2. The molecule has 0 radical (unpaired) electrons. The number of carbonyl (C=O) groups is 1. The minimum Gasteiger partial charge on any atom is -0.481 e. The zero-order valence-electron chi connectivity index (χ0n) is 15.6. The van der Waals surface area contributed by atoms with Crippen LogP contribution in [0.3, 0.4) is 0 Å². The molecule has 1 atom stereocenters. The molecule has 1 aliphatic rings. The third-order valence-electron chi connectivity index (χ3n) is 5.49. The van der Waals surface area contributed by atoms with Gasteiger partial charge in [0.25, 0.3) is 0 Å². The fraction of sp³-hybridized carbons (Fsp3) is 0.333. The summed E-state index contributed by atoms with van der Waals surface area (Å²) < 4.78 is 3.39. The number of imidazole rings is 1. The summed E-state index contributed by atoms with van der Waals surface area (Å²) in [6, 6.07) is 13.9. The van der Waals surface area contributed by atoms with Crippen LogP contribution >= 0.6 is 0 Å². The predicted octanol–water partition coefficient (Wildman–Crippen LogP) is 2.82. The van der Waals surface area contributed by atoms with Crippen molar-refractivity contribution in [2.75, 3.05) is 18.5 Å². The maximum Gasteiger partial charge on any atom is 0.329 e. The molecule has 1 aliphatic heterocycles. The fourth-order valence-electron chi connectivity index (χ4n) is 4.29. The summed E-state index contributed by atoms with van der Waals surface area (Å²) in [5.74, 6) is -0.677. The molecule has 0 spiro atoms. The van der Waals surface area contributed by atoms with Crippen molar-refractivity contribution in [3.8, 4) is 0 Å². The van der Waals surface area contributed by atoms with Crippen LogP contribution in [0.2, 0.25) is 0 Å². The van der Waals surface area contributed by atoms with E-state index in [1.807, 2.05) is 24.3 Å². The second-order valence-electron chi connectivity index (χ2n) is 7.26. The van der Waals surface area contributed by atoms with Crippen molar-refractivity contribution in [3.63, 3.8) is 0 Å². The summed E-state index contributed by atoms with van der Waals surface area (Å²) in [4.78, 5) is 26.3. The van der Waals surface area contributed by atoms with Crippen LogP contribution in [-0.2, 0) is 17.9 Å². The number of anilines is 1. The molecule has 0 bridgehead atoms. The van der Waals surface area contributed by atoms with Crippen molar-refractivity contribution in [2.24, 2.45) is 0 Å². The molecule has 0 saturated heterocycles. The Balaban J connectivity index is 1.77. The van der Waals surface area contributed by atoms with E-state index in [0.29, 0.717) is 6.54 Å². The van der Waals surface area contributed by atoms with Gasteiger partial charge in [-0.1, -0.05) is 24.3 Å². The molecule has 1 N–H and O–H groups in total. The molecule has 4 rings (SSSR count). The van der Waals surface area contributed by atoms with Crippen LogP contribution in [0.15, 0.2) is 47.3 Å². The quantitative estimate of drug-likeness (QED) is 0.755. The average Bonchev–Trinajstić information content (AvgIpc) is 3.10. The minimum absolute atomic E-state index is 0.0674. The number of para-hydroxylation sites is 2. The van der Waals surface area contributed by atoms with E-state index in [2.05, 4.69) is 37.1 Å². The Morgan fingerprint density at radius 2 is 1.81 bits per heavy atom. The van der Waals surface area contributed by atoms with Crippen LogP contribution < -0.4 is 10.6 Å². The van der Waals surface area contributed by atoms with Crippen LogP contribution in [0.1, 0.15) is 23.5 Å². The van der Waals surface area contributed by atoms with Gasteiger partial charge in [-0.25, -0.2) is 4.79 Å². The lowest BCUT2D eigenvalue weighted by Gasteiger charge is -2.14. The van der Waals surface area contributed by atoms with Gasteiger partial charge in [0.2, 0.25) is 0 Å². The second kappa shape index (κ2) is 6.61. The highest BCUT2D eigenvalue weighted by atomic mass is 16.4. The molecule has 1 aromatic heterocycles. The topological polar surface area (TPSA) is 67.5 Å². The summed E-state index contributed by atoms with van der Waals surface area (Å²) in [6.07, 6.45) is -0.0674. The first-order chi connectivity index (χ1) is 13.0. The van der Waals surface area contributed by atoms with Crippen LogP contribution in [0, 0.1) is 6.92 Å². The van der Waals surface area contributed by atoms with Crippen LogP contribution in [-0.4, -0.2) is 33.8 Å². The number of nitrogens with zero attached hydrogens (tertiary/aromatic N) is 3. The van der Waals surface area contributed by atoms with Gasteiger partial charge in [0.05, 0.1) is 17.5 Å². The smallest absolute Gasteiger partial charge is 0.329 e. The minimum atomic E-state index is -0.902. The van der Waals surface area contributed by atoms with Crippen molar-refractivity contribution in [2.45, 2.75) is 32.4 Å². The molecule has 0 amide bonds. The normalized spacial score (nSPS) is 16.1. The Kier molecular flexibility index (Phi) is 4.26. The van der Waals surface area contributed by atoms with E-state index in [1.54, 1.807) is 9.13 Å². The van der Waals surface area contributed by atoms with E-state index >= 15 is 0 Å². The number of hydrogen-bond acceptors (Lipinski definition) is 3. The number of fused-ring (bicyclic) bond motifs is 2. The summed E-state index contributed by atoms with van der Waals surface area (Å²) in [6.45, 7) is 3.74. The Hall–Kier alpha value is -3.02. The molecule has 6 heteroatoms. The Labute approximate surface area is 157 Å². The molecule has 3 aromatic rings. The zero-order valence-corrected chi connectivity index (χ0v) is 15.6. The second-order valence-corrected chi connectivity index (χ2v) is 7.26. The van der Waals surface area contributed by atoms with Crippen molar-refractivity contribution >= 4 is 22.7 Å². The number of hydrogen-bond donors (Lipinski definition) is 1. The molecule has 1 unspecified atom stereocenters. The molecule has 2 aromatic carbocycles. The standard InChI is InChI=1S/C21H23N3O3/c1-14-6-5-9-18-20(14)15(12-22(18)2)13-24-17-8-4-3-7-16(17)23(21(24)27)11-10-19(25)26/h3-9,15H,10-13H2,1-2H3,(H,25,26). The Morgan fingerprint density at radius 3 is 2.52 bits per heavy atom. The van der Waals surface area contributed by atoms with E-state index in [1.165, 1.54) is 16.8 Å². The lowest BCUT2D eigenvalue weighted by molar-refractivity contribution is -0.137. The van der Waals surface area contributed by atoms with Gasteiger partial charge in [-0.15, -0.1) is 0 Å². The summed E-state index contributed by atoms with van der Waals surface area (Å²) in [5.41, 5.74) is 5.28. The molecule has 6 nitrogen and oxygen atoms in total. The number of aryl methyl sites for hydroxylation is 2. The van der Waals surface area contributed by atoms with Gasteiger partial charge in [-0.05, 0) is 36.2 Å². The largest absolute Gasteiger partial charge is 0.481 e. The van der Waals surface area contributed by atoms with Gasteiger partial charge < -0.3 is 10.0 Å².